The molecule has 5 nitrogen and oxygen atoms in total. The van der Waals surface area contributed by atoms with Crippen LogP contribution in [0.2, 0.25) is 0 Å². The zero-order chi connectivity index (χ0) is 15.3. The summed E-state index contributed by atoms with van der Waals surface area (Å²) in [4.78, 5) is 12.0. The van der Waals surface area contributed by atoms with Gasteiger partial charge in [0.1, 0.15) is 0 Å². The summed E-state index contributed by atoms with van der Waals surface area (Å²) in [5.41, 5.74) is 0.874. The summed E-state index contributed by atoms with van der Waals surface area (Å²) in [7, 11) is -2.34. The molecule has 6 heteroatoms. The van der Waals surface area contributed by atoms with Crippen LogP contribution < -0.4 is 4.72 Å². The molecule has 114 valence electrons. The molecule has 2 rings (SSSR count). The first kappa shape index (κ1) is 15.7. The Kier molecular flexibility index (Phi) is 5.14. The van der Waals surface area contributed by atoms with Crippen molar-refractivity contribution in [3.8, 4) is 0 Å². The number of benzene rings is 1. The van der Waals surface area contributed by atoms with E-state index in [1.165, 1.54) is 7.05 Å². The molecule has 0 saturated carbocycles. The number of hydrogen-bond donors (Lipinski definition) is 1. The van der Waals surface area contributed by atoms with E-state index < -0.39 is 16.1 Å². The third-order valence-corrected chi connectivity index (χ3v) is 4.94. The van der Waals surface area contributed by atoms with E-state index in [0.717, 1.165) is 16.3 Å². The third kappa shape index (κ3) is 4.41. The van der Waals surface area contributed by atoms with Gasteiger partial charge in [-0.05, 0) is 24.8 Å². The van der Waals surface area contributed by atoms with E-state index in [1.807, 2.05) is 42.5 Å². The van der Waals surface area contributed by atoms with Gasteiger partial charge in [0.05, 0.1) is 0 Å². The van der Waals surface area contributed by atoms with Gasteiger partial charge >= 0.3 is 10.2 Å². The molecular formula is C15H20N2O3S. The summed E-state index contributed by atoms with van der Waals surface area (Å²) in [5.74, 6) is -0.672. The molecule has 1 atom stereocenters. The molecule has 0 aromatic heterocycles. The van der Waals surface area contributed by atoms with Crippen molar-refractivity contribution in [1.82, 2.24) is 9.03 Å². The third-order valence-electron chi connectivity index (χ3n) is 3.53. The van der Waals surface area contributed by atoms with Crippen LogP contribution in [0.5, 0.6) is 0 Å². The maximum atomic E-state index is 12.2. The van der Waals surface area contributed by atoms with Crippen LogP contribution in [0.3, 0.4) is 0 Å². The van der Waals surface area contributed by atoms with Crippen LogP contribution in [0.25, 0.3) is 0 Å². The average Bonchev–Trinajstić information content (AvgIpc) is 2.48. The molecule has 1 amide bonds. The lowest BCUT2D eigenvalue weighted by Crippen LogP contribution is -2.43. The van der Waals surface area contributed by atoms with Gasteiger partial charge in [0, 0.05) is 19.5 Å². The highest BCUT2D eigenvalue weighted by Crippen LogP contribution is 2.18. The van der Waals surface area contributed by atoms with Crippen molar-refractivity contribution >= 4 is 16.1 Å². The summed E-state index contributed by atoms with van der Waals surface area (Å²) < 4.78 is 27.7. The van der Waals surface area contributed by atoms with Gasteiger partial charge in [0.2, 0.25) is 5.91 Å². The average molecular weight is 308 g/mol. The number of nitrogens with one attached hydrogen (secondary N) is 1. The Labute approximate surface area is 125 Å². The normalized spacial score (nSPS) is 18.7. The summed E-state index contributed by atoms with van der Waals surface area (Å²) in [5, 5.41) is 0. The van der Waals surface area contributed by atoms with Gasteiger partial charge in [-0.1, -0.05) is 42.5 Å². The fourth-order valence-corrected chi connectivity index (χ4v) is 3.14. The fourth-order valence-electron chi connectivity index (χ4n) is 2.25. The van der Waals surface area contributed by atoms with Gasteiger partial charge in [-0.2, -0.15) is 12.7 Å². The van der Waals surface area contributed by atoms with E-state index in [2.05, 4.69) is 4.72 Å². The Bertz CT molecular complexity index is 611. The number of nitrogens with zero attached hydrogens (tertiary/aromatic N) is 1. The predicted molar refractivity (Wildman–Crippen MR) is 81.5 cm³/mol. The van der Waals surface area contributed by atoms with Crippen LogP contribution in [0, 0.1) is 5.92 Å². The van der Waals surface area contributed by atoms with Crippen molar-refractivity contribution < 1.29 is 13.2 Å². The number of amides is 1. The minimum absolute atomic E-state index is 0.230. The van der Waals surface area contributed by atoms with Crippen LogP contribution in [0.15, 0.2) is 42.5 Å². The maximum Gasteiger partial charge on any atom is 0.303 e. The highest BCUT2D eigenvalue weighted by molar-refractivity contribution is 7.87. The SMILES string of the molecule is CN(Cc1ccccc1)S(=O)(=O)NC(=O)[C@H]1CC=CCC1. The van der Waals surface area contributed by atoms with Gasteiger partial charge < -0.3 is 0 Å². The topological polar surface area (TPSA) is 66.5 Å². The number of rotatable bonds is 5. The quantitative estimate of drug-likeness (QED) is 0.844. The molecule has 0 saturated heterocycles. The Morgan fingerprint density at radius 1 is 1.29 bits per heavy atom. The van der Waals surface area contributed by atoms with E-state index in [1.54, 1.807) is 0 Å². The van der Waals surface area contributed by atoms with Gasteiger partial charge in [0.15, 0.2) is 0 Å². The zero-order valence-corrected chi connectivity index (χ0v) is 12.8. The van der Waals surface area contributed by atoms with Crippen LogP contribution in [0.1, 0.15) is 24.8 Å². The molecule has 1 aromatic rings. The molecule has 0 unspecified atom stereocenters. The second-order valence-corrected chi connectivity index (χ2v) is 6.97. The van der Waals surface area contributed by atoms with E-state index in [9.17, 15) is 13.2 Å². The largest absolute Gasteiger partial charge is 0.303 e. The molecule has 0 bridgehead atoms. The second-order valence-electron chi connectivity index (χ2n) is 5.19. The Hall–Kier alpha value is -1.66. The summed E-state index contributed by atoms with van der Waals surface area (Å²) in [6, 6.07) is 9.27. The van der Waals surface area contributed by atoms with E-state index >= 15 is 0 Å². The minimum atomic E-state index is -3.80. The molecule has 0 heterocycles. The van der Waals surface area contributed by atoms with Crippen molar-refractivity contribution in [3.05, 3.63) is 48.0 Å². The maximum absolute atomic E-state index is 12.2. The molecule has 0 aliphatic heterocycles. The minimum Gasteiger partial charge on any atom is -0.274 e. The molecule has 1 aliphatic rings. The number of carbonyl (C=O) groups is 1. The smallest absolute Gasteiger partial charge is 0.274 e. The van der Waals surface area contributed by atoms with Gasteiger partial charge in [-0.25, -0.2) is 4.72 Å². The summed E-state index contributed by atoms with van der Waals surface area (Å²) >= 11 is 0. The van der Waals surface area contributed by atoms with E-state index in [0.29, 0.717) is 12.8 Å². The van der Waals surface area contributed by atoms with Crippen molar-refractivity contribution in [2.24, 2.45) is 5.92 Å². The van der Waals surface area contributed by atoms with Crippen LogP contribution in [-0.2, 0) is 21.5 Å². The molecule has 21 heavy (non-hydrogen) atoms. The summed E-state index contributed by atoms with van der Waals surface area (Å²) in [6.45, 7) is 0.230. The van der Waals surface area contributed by atoms with Crippen LogP contribution in [0.4, 0.5) is 0 Å². The number of hydrogen-bond acceptors (Lipinski definition) is 3. The molecule has 1 aromatic carbocycles. The number of allylic oxidation sites excluding steroid dienone is 2. The number of carbonyl (C=O) groups excluding carboxylic acids is 1. The summed E-state index contributed by atoms with van der Waals surface area (Å²) in [6.07, 6.45) is 6.05. The molecule has 1 N–H and O–H groups in total. The second kappa shape index (κ2) is 6.87. The fraction of sp³-hybridized carbons (Fsp3) is 0.400. The lowest BCUT2D eigenvalue weighted by Gasteiger charge is -2.21. The predicted octanol–water partition coefficient (Wildman–Crippen LogP) is 1.84. The Balaban J connectivity index is 1.97. The lowest BCUT2D eigenvalue weighted by molar-refractivity contribution is -0.123. The van der Waals surface area contributed by atoms with Crippen molar-refractivity contribution in [1.29, 1.82) is 0 Å². The van der Waals surface area contributed by atoms with E-state index in [-0.39, 0.29) is 12.5 Å². The first-order valence-corrected chi connectivity index (χ1v) is 8.40. The lowest BCUT2D eigenvalue weighted by atomic mass is 9.94. The van der Waals surface area contributed by atoms with Crippen molar-refractivity contribution in [2.45, 2.75) is 25.8 Å². The first-order chi connectivity index (χ1) is 9.99. The van der Waals surface area contributed by atoms with Gasteiger partial charge in [-0.3, -0.25) is 4.79 Å². The molecule has 0 spiro atoms. The molecular weight excluding hydrogens is 288 g/mol. The monoisotopic (exact) mass is 308 g/mol. The molecule has 1 aliphatic carbocycles. The van der Waals surface area contributed by atoms with Crippen LogP contribution >= 0.6 is 0 Å². The first-order valence-electron chi connectivity index (χ1n) is 6.96. The van der Waals surface area contributed by atoms with E-state index in [4.69, 9.17) is 0 Å². The van der Waals surface area contributed by atoms with Crippen molar-refractivity contribution in [3.63, 3.8) is 0 Å². The molecule has 0 fully saturated rings. The highest BCUT2D eigenvalue weighted by Gasteiger charge is 2.26. The standard InChI is InChI=1S/C15H20N2O3S/c1-17(12-13-8-4-2-5-9-13)21(19,20)16-15(18)14-10-6-3-7-11-14/h2-6,8-9,14H,7,10-12H2,1H3,(H,16,18)/t14-/m0/s1. The van der Waals surface area contributed by atoms with Gasteiger partial charge in [-0.15, -0.1) is 0 Å². The van der Waals surface area contributed by atoms with Crippen LogP contribution in [-0.4, -0.2) is 25.7 Å². The molecule has 0 radical (unpaired) electrons. The Morgan fingerprint density at radius 2 is 2.00 bits per heavy atom. The Morgan fingerprint density at radius 3 is 2.62 bits per heavy atom. The van der Waals surface area contributed by atoms with Gasteiger partial charge in [0.25, 0.3) is 0 Å². The highest BCUT2D eigenvalue weighted by atomic mass is 32.2. The van der Waals surface area contributed by atoms with Crippen molar-refractivity contribution in [2.75, 3.05) is 7.05 Å². The zero-order valence-electron chi connectivity index (χ0n) is 12.0.